The van der Waals surface area contributed by atoms with E-state index in [1.165, 1.54) is 0 Å². The molecule has 0 spiro atoms. The van der Waals surface area contributed by atoms with Crippen molar-refractivity contribution in [2.75, 3.05) is 23.9 Å². The van der Waals surface area contributed by atoms with E-state index < -0.39 is 0 Å². The van der Waals surface area contributed by atoms with E-state index in [1.54, 1.807) is 6.20 Å². The minimum absolute atomic E-state index is 0.259. The van der Waals surface area contributed by atoms with Gasteiger partial charge >= 0.3 is 6.01 Å². The molecule has 0 saturated heterocycles. The standard InChI is InChI=1S/C12H20N8O/c1-2-9-21-12-17-10(16-11(18-12)19-13)14-5-3-7-20-8-4-6-15-20/h4,6,8H,2-3,5,7,9,13H2,1H3,(H2,14,16,17,18,19). The zero-order valence-corrected chi connectivity index (χ0v) is 12.0. The summed E-state index contributed by atoms with van der Waals surface area (Å²) < 4.78 is 7.26. The summed E-state index contributed by atoms with van der Waals surface area (Å²) in [5.41, 5.74) is 2.40. The van der Waals surface area contributed by atoms with Gasteiger partial charge in [0.05, 0.1) is 6.61 Å². The second-order valence-corrected chi connectivity index (χ2v) is 4.31. The van der Waals surface area contributed by atoms with Crippen LogP contribution < -0.4 is 21.3 Å². The molecular weight excluding hydrogens is 272 g/mol. The summed E-state index contributed by atoms with van der Waals surface area (Å²) in [6.45, 7) is 4.10. The van der Waals surface area contributed by atoms with Crippen LogP contribution in [0.3, 0.4) is 0 Å². The quantitative estimate of drug-likeness (QED) is 0.350. The van der Waals surface area contributed by atoms with Gasteiger partial charge < -0.3 is 10.1 Å². The number of nitrogens with zero attached hydrogens (tertiary/aromatic N) is 5. The number of hydrogen-bond acceptors (Lipinski definition) is 8. The molecule has 2 aromatic heterocycles. The van der Waals surface area contributed by atoms with Crippen molar-refractivity contribution in [2.24, 2.45) is 5.84 Å². The molecule has 0 unspecified atom stereocenters. The first-order valence-electron chi connectivity index (χ1n) is 6.88. The second kappa shape index (κ2) is 8.00. The van der Waals surface area contributed by atoms with Crippen LogP contribution in [-0.2, 0) is 6.54 Å². The number of aryl methyl sites for hydroxylation is 1. The van der Waals surface area contributed by atoms with Crippen LogP contribution in [0.25, 0.3) is 0 Å². The largest absolute Gasteiger partial charge is 0.463 e. The molecule has 0 aliphatic carbocycles. The predicted molar refractivity (Wildman–Crippen MR) is 78.8 cm³/mol. The molecule has 9 heteroatoms. The highest BCUT2D eigenvalue weighted by atomic mass is 16.5. The van der Waals surface area contributed by atoms with E-state index in [0.29, 0.717) is 19.1 Å². The summed E-state index contributed by atoms with van der Waals surface area (Å²) in [5.74, 6) is 6.04. The normalized spacial score (nSPS) is 10.4. The third-order valence-corrected chi connectivity index (χ3v) is 2.59. The minimum atomic E-state index is 0.259. The van der Waals surface area contributed by atoms with Crippen molar-refractivity contribution >= 4 is 11.9 Å². The molecule has 0 bridgehead atoms. The molecule has 0 fully saturated rings. The van der Waals surface area contributed by atoms with Crippen molar-refractivity contribution in [2.45, 2.75) is 26.3 Å². The van der Waals surface area contributed by atoms with E-state index >= 15 is 0 Å². The zero-order valence-electron chi connectivity index (χ0n) is 12.0. The Balaban J connectivity index is 1.85. The van der Waals surface area contributed by atoms with Crippen LogP contribution >= 0.6 is 0 Å². The molecule has 0 aliphatic heterocycles. The molecule has 0 amide bonds. The topological polar surface area (TPSA) is 116 Å². The Hall–Kier alpha value is -2.42. The van der Waals surface area contributed by atoms with Crippen LogP contribution in [0.15, 0.2) is 18.5 Å². The maximum absolute atomic E-state index is 5.39. The Morgan fingerprint density at radius 3 is 2.86 bits per heavy atom. The number of nitrogens with one attached hydrogen (secondary N) is 2. The fraction of sp³-hybridized carbons (Fsp3) is 0.500. The molecule has 0 aromatic carbocycles. The average molecular weight is 292 g/mol. The van der Waals surface area contributed by atoms with Crippen molar-refractivity contribution in [3.8, 4) is 6.01 Å². The van der Waals surface area contributed by atoms with Gasteiger partial charge in [-0.1, -0.05) is 6.92 Å². The lowest BCUT2D eigenvalue weighted by molar-refractivity contribution is 0.292. The first-order valence-corrected chi connectivity index (χ1v) is 6.88. The molecule has 2 rings (SSSR count). The van der Waals surface area contributed by atoms with Gasteiger partial charge in [-0.05, 0) is 18.9 Å². The van der Waals surface area contributed by atoms with Gasteiger partial charge in [0.1, 0.15) is 0 Å². The van der Waals surface area contributed by atoms with Crippen molar-refractivity contribution in [1.29, 1.82) is 0 Å². The Morgan fingerprint density at radius 2 is 2.14 bits per heavy atom. The summed E-state index contributed by atoms with van der Waals surface area (Å²) >= 11 is 0. The van der Waals surface area contributed by atoms with E-state index in [2.05, 4.69) is 30.8 Å². The highest BCUT2D eigenvalue weighted by molar-refractivity contribution is 5.34. The van der Waals surface area contributed by atoms with Gasteiger partial charge in [0.25, 0.3) is 0 Å². The Kier molecular flexibility index (Phi) is 5.71. The van der Waals surface area contributed by atoms with E-state index in [9.17, 15) is 0 Å². The molecule has 0 radical (unpaired) electrons. The van der Waals surface area contributed by atoms with Gasteiger partial charge in [-0.25, -0.2) is 5.84 Å². The lowest BCUT2D eigenvalue weighted by Crippen LogP contribution is -2.15. The lowest BCUT2D eigenvalue weighted by atomic mass is 10.4. The highest BCUT2D eigenvalue weighted by Gasteiger charge is 2.06. The number of aromatic nitrogens is 5. The van der Waals surface area contributed by atoms with Gasteiger partial charge in [0.15, 0.2) is 0 Å². The maximum atomic E-state index is 5.39. The third-order valence-electron chi connectivity index (χ3n) is 2.59. The van der Waals surface area contributed by atoms with Crippen LogP contribution in [0.4, 0.5) is 11.9 Å². The molecule has 0 aliphatic rings. The third kappa shape index (κ3) is 4.88. The van der Waals surface area contributed by atoms with Gasteiger partial charge in [-0.3, -0.25) is 10.1 Å². The number of ether oxygens (including phenoxy) is 1. The van der Waals surface area contributed by atoms with E-state index in [1.807, 2.05) is 23.9 Å². The number of anilines is 2. The Labute approximate surface area is 122 Å². The molecular formula is C12H20N8O. The summed E-state index contributed by atoms with van der Waals surface area (Å²) in [5, 5.41) is 7.26. The summed E-state index contributed by atoms with van der Waals surface area (Å²) in [7, 11) is 0. The molecule has 4 N–H and O–H groups in total. The first kappa shape index (κ1) is 15.0. The number of rotatable bonds is 9. The molecule has 0 atom stereocenters. The maximum Gasteiger partial charge on any atom is 0.323 e. The molecule has 21 heavy (non-hydrogen) atoms. The van der Waals surface area contributed by atoms with Crippen LogP contribution in [0.2, 0.25) is 0 Å². The fourth-order valence-electron chi connectivity index (χ4n) is 1.63. The van der Waals surface area contributed by atoms with Gasteiger partial charge in [0, 0.05) is 25.5 Å². The van der Waals surface area contributed by atoms with Crippen molar-refractivity contribution < 1.29 is 4.74 Å². The fourth-order valence-corrected chi connectivity index (χ4v) is 1.63. The van der Waals surface area contributed by atoms with Crippen LogP contribution in [0.1, 0.15) is 19.8 Å². The summed E-state index contributed by atoms with van der Waals surface area (Å²) in [6, 6.07) is 2.16. The SMILES string of the molecule is CCCOc1nc(NN)nc(NCCCn2cccn2)n1. The molecule has 9 nitrogen and oxygen atoms in total. The number of hydrogen-bond donors (Lipinski definition) is 3. The minimum Gasteiger partial charge on any atom is -0.463 e. The van der Waals surface area contributed by atoms with Crippen LogP contribution in [-0.4, -0.2) is 37.9 Å². The Morgan fingerprint density at radius 1 is 1.29 bits per heavy atom. The zero-order chi connectivity index (χ0) is 14.9. The number of nitrogen functional groups attached to an aromatic ring is 1. The highest BCUT2D eigenvalue weighted by Crippen LogP contribution is 2.10. The average Bonchev–Trinajstić information content (AvgIpc) is 3.02. The van der Waals surface area contributed by atoms with Crippen molar-refractivity contribution in [3.63, 3.8) is 0 Å². The number of nitrogens with two attached hydrogens (primary N) is 1. The van der Waals surface area contributed by atoms with E-state index in [4.69, 9.17) is 10.6 Å². The first-order chi connectivity index (χ1) is 10.3. The lowest BCUT2D eigenvalue weighted by Gasteiger charge is -2.09. The number of hydrazine groups is 1. The van der Waals surface area contributed by atoms with Crippen molar-refractivity contribution in [1.82, 2.24) is 24.7 Å². The monoisotopic (exact) mass is 292 g/mol. The predicted octanol–water partition coefficient (Wildman–Crippen LogP) is 0.645. The van der Waals surface area contributed by atoms with Gasteiger partial charge in [-0.2, -0.15) is 20.1 Å². The van der Waals surface area contributed by atoms with Crippen LogP contribution in [0, 0.1) is 0 Å². The van der Waals surface area contributed by atoms with E-state index in [0.717, 1.165) is 19.4 Å². The molecule has 114 valence electrons. The molecule has 2 heterocycles. The molecule has 2 aromatic rings. The van der Waals surface area contributed by atoms with Crippen molar-refractivity contribution in [3.05, 3.63) is 18.5 Å². The summed E-state index contributed by atoms with van der Waals surface area (Å²) in [4.78, 5) is 12.3. The molecule has 0 saturated carbocycles. The van der Waals surface area contributed by atoms with Gasteiger partial charge in [0.2, 0.25) is 11.9 Å². The summed E-state index contributed by atoms with van der Waals surface area (Å²) in [6.07, 6.45) is 5.46. The van der Waals surface area contributed by atoms with E-state index in [-0.39, 0.29) is 12.0 Å². The van der Waals surface area contributed by atoms with Crippen LogP contribution in [0.5, 0.6) is 6.01 Å². The van der Waals surface area contributed by atoms with Gasteiger partial charge in [-0.15, -0.1) is 0 Å². The Bertz CT molecular complexity index is 530. The smallest absolute Gasteiger partial charge is 0.323 e. The second-order valence-electron chi connectivity index (χ2n) is 4.31.